The Balaban J connectivity index is 2.64. The summed E-state index contributed by atoms with van der Waals surface area (Å²) in [5.74, 6) is 0. The standard InChI is InChI=1S/C11H13N3/c1-7-4-9(12)5-10(11(7)13)8-2-3-14-6-8/h2-6,14H,12-13H2,1H3. The van der Waals surface area contributed by atoms with Crippen molar-refractivity contribution in [3.05, 3.63) is 36.2 Å². The highest BCUT2D eigenvalue weighted by Crippen LogP contribution is 2.30. The molecule has 2 aromatic rings. The molecular weight excluding hydrogens is 174 g/mol. The number of hydrogen-bond acceptors (Lipinski definition) is 2. The van der Waals surface area contributed by atoms with Gasteiger partial charge < -0.3 is 16.5 Å². The smallest absolute Gasteiger partial charge is 0.0425 e. The molecule has 0 unspecified atom stereocenters. The average Bonchev–Trinajstić information content (AvgIpc) is 2.63. The summed E-state index contributed by atoms with van der Waals surface area (Å²) in [6, 6.07) is 5.75. The van der Waals surface area contributed by atoms with Crippen molar-refractivity contribution in [3.8, 4) is 11.1 Å². The number of hydrogen-bond donors (Lipinski definition) is 3. The van der Waals surface area contributed by atoms with Gasteiger partial charge in [-0.3, -0.25) is 0 Å². The van der Waals surface area contributed by atoms with Crippen molar-refractivity contribution < 1.29 is 0 Å². The number of nitrogens with one attached hydrogen (secondary N) is 1. The Morgan fingerprint density at radius 1 is 1.21 bits per heavy atom. The van der Waals surface area contributed by atoms with Crippen LogP contribution in [0.4, 0.5) is 11.4 Å². The van der Waals surface area contributed by atoms with Crippen molar-refractivity contribution in [1.29, 1.82) is 0 Å². The number of H-pyrrole nitrogens is 1. The molecular formula is C11H13N3. The van der Waals surface area contributed by atoms with E-state index >= 15 is 0 Å². The van der Waals surface area contributed by atoms with E-state index in [1.165, 1.54) is 0 Å². The van der Waals surface area contributed by atoms with Crippen LogP contribution in [-0.2, 0) is 0 Å². The summed E-state index contributed by atoms with van der Waals surface area (Å²) in [7, 11) is 0. The van der Waals surface area contributed by atoms with E-state index < -0.39 is 0 Å². The highest BCUT2D eigenvalue weighted by molar-refractivity contribution is 5.81. The van der Waals surface area contributed by atoms with E-state index in [9.17, 15) is 0 Å². The summed E-state index contributed by atoms with van der Waals surface area (Å²) in [4.78, 5) is 3.00. The van der Waals surface area contributed by atoms with Crippen LogP contribution in [0.25, 0.3) is 11.1 Å². The Kier molecular flexibility index (Phi) is 1.93. The highest BCUT2D eigenvalue weighted by atomic mass is 14.6. The lowest BCUT2D eigenvalue weighted by atomic mass is 10.0. The minimum atomic E-state index is 0.743. The first-order valence-electron chi connectivity index (χ1n) is 4.47. The van der Waals surface area contributed by atoms with Crippen LogP contribution in [0.1, 0.15) is 5.56 Å². The lowest BCUT2D eigenvalue weighted by molar-refractivity contribution is 1.41. The number of aromatic amines is 1. The largest absolute Gasteiger partial charge is 0.399 e. The summed E-state index contributed by atoms with van der Waals surface area (Å²) < 4.78 is 0. The fourth-order valence-corrected chi connectivity index (χ4v) is 1.56. The molecule has 0 bridgehead atoms. The molecule has 0 radical (unpaired) electrons. The Morgan fingerprint density at radius 3 is 2.64 bits per heavy atom. The van der Waals surface area contributed by atoms with E-state index in [0.29, 0.717) is 0 Å². The van der Waals surface area contributed by atoms with E-state index in [1.54, 1.807) is 0 Å². The van der Waals surface area contributed by atoms with Crippen LogP contribution in [0.2, 0.25) is 0 Å². The quantitative estimate of drug-likeness (QED) is 0.599. The van der Waals surface area contributed by atoms with E-state index in [-0.39, 0.29) is 0 Å². The monoisotopic (exact) mass is 187 g/mol. The molecule has 0 spiro atoms. The molecule has 1 aromatic heterocycles. The average molecular weight is 187 g/mol. The molecule has 0 amide bonds. The second kappa shape index (κ2) is 3.10. The van der Waals surface area contributed by atoms with Crippen LogP contribution in [-0.4, -0.2) is 4.98 Å². The molecule has 0 aliphatic rings. The predicted molar refractivity (Wildman–Crippen MR) is 59.8 cm³/mol. The number of anilines is 2. The first-order chi connectivity index (χ1) is 6.68. The number of aryl methyl sites for hydroxylation is 1. The summed E-state index contributed by atoms with van der Waals surface area (Å²) in [5, 5.41) is 0. The van der Waals surface area contributed by atoms with Gasteiger partial charge in [0.05, 0.1) is 0 Å². The molecule has 14 heavy (non-hydrogen) atoms. The molecule has 0 fully saturated rings. The Bertz CT molecular complexity index is 444. The Labute approximate surface area is 82.7 Å². The summed E-state index contributed by atoms with van der Waals surface area (Å²) in [5.41, 5.74) is 16.3. The van der Waals surface area contributed by atoms with Crippen LogP contribution in [0, 0.1) is 6.92 Å². The van der Waals surface area contributed by atoms with Gasteiger partial charge in [0.15, 0.2) is 0 Å². The Hall–Kier alpha value is -1.90. The topological polar surface area (TPSA) is 67.8 Å². The van der Waals surface area contributed by atoms with Crippen molar-refractivity contribution in [2.24, 2.45) is 0 Å². The molecule has 1 aromatic carbocycles. The number of aromatic nitrogens is 1. The van der Waals surface area contributed by atoms with Crippen LogP contribution in [0.15, 0.2) is 30.6 Å². The van der Waals surface area contributed by atoms with Crippen molar-refractivity contribution in [1.82, 2.24) is 4.98 Å². The summed E-state index contributed by atoms with van der Waals surface area (Å²) >= 11 is 0. The predicted octanol–water partition coefficient (Wildman–Crippen LogP) is 2.15. The van der Waals surface area contributed by atoms with Gasteiger partial charge in [0.2, 0.25) is 0 Å². The minimum absolute atomic E-state index is 0.743. The zero-order valence-corrected chi connectivity index (χ0v) is 8.04. The van der Waals surface area contributed by atoms with Crippen molar-refractivity contribution in [3.63, 3.8) is 0 Å². The maximum absolute atomic E-state index is 5.97. The van der Waals surface area contributed by atoms with E-state index in [1.807, 2.05) is 37.5 Å². The third kappa shape index (κ3) is 1.33. The lowest BCUT2D eigenvalue weighted by Crippen LogP contribution is -1.96. The van der Waals surface area contributed by atoms with Crippen LogP contribution in [0.3, 0.4) is 0 Å². The molecule has 0 aliphatic heterocycles. The highest BCUT2D eigenvalue weighted by Gasteiger charge is 2.06. The van der Waals surface area contributed by atoms with Gasteiger partial charge in [0, 0.05) is 34.9 Å². The van der Waals surface area contributed by atoms with Crippen LogP contribution in [0.5, 0.6) is 0 Å². The van der Waals surface area contributed by atoms with Crippen LogP contribution >= 0.6 is 0 Å². The normalized spacial score (nSPS) is 10.4. The molecule has 2 rings (SSSR count). The molecule has 0 atom stereocenters. The molecule has 0 saturated heterocycles. The Morgan fingerprint density at radius 2 is 2.00 bits per heavy atom. The lowest BCUT2D eigenvalue weighted by Gasteiger charge is -2.08. The first kappa shape index (κ1) is 8.69. The third-order valence-electron chi connectivity index (χ3n) is 2.32. The molecule has 3 nitrogen and oxygen atoms in total. The van der Waals surface area contributed by atoms with Gasteiger partial charge in [-0.05, 0) is 30.7 Å². The number of rotatable bonds is 1. The van der Waals surface area contributed by atoms with Crippen molar-refractivity contribution in [2.45, 2.75) is 6.92 Å². The summed E-state index contributed by atoms with van der Waals surface area (Å²) in [6.07, 6.45) is 3.78. The number of nitrogen functional groups attached to an aromatic ring is 2. The van der Waals surface area contributed by atoms with Crippen LogP contribution < -0.4 is 11.5 Å². The van der Waals surface area contributed by atoms with Gasteiger partial charge in [-0.2, -0.15) is 0 Å². The first-order valence-corrected chi connectivity index (χ1v) is 4.47. The van der Waals surface area contributed by atoms with Gasteiger partial charge in [0.25, 0.3) is 0 Å². The zero-order chi connectivity index (χ0) is 10.1. The second-order valence-corrected chi connectivity index (χ2v) is 3.40. The van der Waals surface area contributed by atoms with E-state index in [4.69, 9.17) is 11.5 Å². The molecule has 3 heteroatoms. The van der Waals surface area contributed by atoms with Gasteiger partial charge in [0.1, 0.15) is 0 Å². The fraction of sp³-hybridized carbons (Fsp3) is 0.0909. The third-order valence-corrected chi connectivity index (χ3v) is 2.32. The summed E-state index contributed by atoms with van der Waals surface area (Å²) in [6.45, 7) is 1.96. The molecule has 0 saturated carbocycles. The zero-order valence-electron chi connectivity index (χ0n) is 8.04. The molecule has 72 valence electrons. The van der Waals surface area contributed by atoms with Gasteiger partial charge in [-0.15, -0.1) is 0 Å². The van der Waals surface area contributed by atoms with Crippen molar-refractivity contribution in [2.75, 3.05) is 11.5 Å². The number of nitrogens with two attached hydrogens (primary N) is 2. The van der Waals surface area contributed by atoms with Gasteiger partial charge in [-0.25, -0.2) is 0 Å². The molecule has 1 heterocycles. The maximum atomic E-state index is 5.97. The van der Waals surface area contributed by atoms with E-state index in [0.717, 1.165) is 28.1 Å². The fourth-order valence-electron chi connectivity index (χ4n) is 1.56. The maximum Gasteiger partial charge on any atom is 0.0425 e. The minimum Gasteiger partial charge on any atom is -0.399 e. The van der Waals surface area contributed by atoms with Crippen molar-refractivity contribution >= 4 is 11.4 Å². The molecule has 5 N–H and O–H groups in total. The molecule has 0 aliphatic carbocycles. The SMILES string of the molecule is Cc1cc(N)cc(-c2cc[nH]c2)c1N. The second-order valence-electron chi connectivity index (χ2n) is 3.40. The van der Waals surface area contributed by atoms with Gasteiger partial charge >= 0.3 is 0 Å². The van der Waals surface area contributed by atoms with Gasteiger partial charge in [-0.1, -0.05) is 0 Å². The number of benzene rings is 1. The van der Waals surface area contributed by atoms with E-state index in [2.05, 4.69) is 4.98 Å².